The lowest BCUT2D eigenvalue weighted by molar-refractivity contribution is 0.475. The molecule has 3 aromatic rings. The number of nitrogens with zero attached hydrogens (tertiary/aromatic N) is 6. The molecule has 0 radical (unpaired) electrons. The van der Waals surface area contributed by atoms with Crippen LogP contribution >= 0.6 is 0 Å². The fourth-order valence-electron chi connectivity index (χ4n) is 4.72. The molecule has 212 valence electrons. The summed E-state index contributed by atoms with van der Waals surface area (Å²) in [7, 11) is -4.96. The van der Waals surface area contributed by atoms with Gasteiger partial charge in [0.05, 0.1) is 0 Å². The average Bonchev–Trinajstić information content (AvgIpc) is 2.99. The van der Waals surface area contributed by atoms with Crippen molar-refractivity contribution in [2.45, 2.75) is 10.8 Å². The van der Waals surface area contributed by atoms with Crippen molar-refractivity contribution in [3.8, 4) is 28.4 Å². The minimum atomic E-state index is -4.96. The molecule has 2 aliphatic carbocycles. The third-order valence-electron chi connectivity index (χ3n) is 6.57. The van der Waals surface area contributed by atoms with Gasteiger partial charge in [0.2, 0.25) is 10.9 Å². The first kappa shape index (κ1) is 28.5. The Kier molecular flexibility index (Phi) is 7.56. The molecule has 5 rings (SSSR count). The largest absolute Gasteiger partial charge is 0.508 e. The second-order valence-electron chi connectivity index (χ2n) is 9.14. The van der Waals surface area contributed by atoms with Crippen LogP contribution in [0.2, 0.25) is 0 Å². The van der Waals surface area contributed by atoms with Crippen LogP contribution in [0.15, 0.2) is 121 Å². The quantitative estimate of drug-likeness (QED) is 0.0712. The summed E-state index contributed by atoms with van der Waals surface area (Å²) < 4.78 is 32.6. The maximum Gasteiger partial charge on any atom is 0.340 e. The van der Waals surface area contributed by atoms with Gasteiger partial charge in [-0.05, 0) is 59.2 Å². The van der Waals surface area contributed by atoms with Gasteiger partial charge in [0.1, 0.15) is 22.1 Å². The number of aromatic hydroxyl groups is 2. The van der Waals surface area contributed by atoms with Gasteiger partial charge in [-0.15, -0.1) is 0 Å². The highest BCUT2D eigenvalue weighted by Gasteiger charge is 2.30. The van der Waals surface area contributed by atoms with E-state index in [-0.39, 0.29) is 34.1 Å². The molecule has 43 heavy (non-hydrogen) atoms. The van der Waals surface area contributed by atoms with E-state index in [9.17, 15) is 28.2 Å². The van der Waals surface area contributed by atoms with Crippen molar-refractivity contribution in [3.05, 3.63) is 149 Å². The fraction of sp³-hybridized carbons (Fsp3) is 0.0345. The third kappa shape index (κ3) is 5.47. The van der Waals surface area contributed by atoms with Gasteiger partial charge in [0.15, 0.2) is 10.5 Å². The van der Waals surface area contributed by atoms with Crippen molar-refractivity contribution in [1.82, 2.24) is 0 Å². The first-order valence-corrected chi connectivity index (χ1v) is 13.7. The molecule has 0 unspecified atom stereocenters. The van der Waals surface area contributed by atoms with Crippen molar-refractivity contribution < 1.29 is 22.8 Å². The molecule has 0 heterocycles. The lowest BCUT2D eigenvalue weighted by Crippen LogP contribution is -2.45. The third-order valence-corrected chi connectivity index (χ3v) is 7.88. The first-order valence-electron chi connectivity index (χ1n) is 12.3. The fourth-order valence-corrected chi connectivity index (χ4v) is 6.01. The van der Waals surface area contributed by atoms with Crippen LogP contribution in [0.3, 0.4) is 0 Å². The molecule has 0 aromatic heterocycles. The van der Waals surface area contributed by atoms with E-state index in [0.717, 1.165) is 11.1 Å². The smallest absolute Gasteiger partial charge is 0.340 e. The predicted octanol–water partition coefficient (Wildman–Crippen LogP) is 3.25. The number of phenolic OH excluding ortho intramolecular Hbond substituents is 2. The molecule has 0 aliphatic heterocycles. The van der Waals surface area contributed by atoms with Gasteiger partial charge in [0, 0.05) is 22.4 Å². The zero-order chi connectivity index (χ0) is 30.7. The highest BCUT2D eigenvalue weighted by Crippen LogP contribution is 2.35. The second kappa shape index (κ2) is 11.4. The summed E-state index contributed by atoms with van der Waals surface area (Å²) in [5.41, 5.74) is 8.01. The van der Waals surface area contributed by atoms with Gasteiger partial charge >= 0.3 is 15.2 Å². The topological polar surface area (TPSA) is 205 Å². The lowest BCUT2D eigenvalue weighted by atomic mass is 9.85. The van der Waals surface area contributed by atoms with Crippen LogP contribution in [0.25, 0.3) is 21.7 Å². The van der Waals surface area contributed by atoms with E-state index in [4.69, 9.17) is 15.1 Å². The van der Waals surface area contributed by atoms with Crippen LogP contribution in [0, 0.1) is 5.39 Å². The van der Waals surface area contributed by atoms with Crippen LogP contribution in [0.5, 0.6) is 17.2 Å². The van der Waals surface area contributed by atoms with Crippen LogP contribution < -0.4 is 25.8 Å². The Morgan fingerprint density at radius 1 is 0.791 bits per heavy atom. The van der Waals surface area contributed by atoms with Gasteiger partial charge in [-0.25, -0.2) is 0 Å². The monoisotopic (exact) mass is 594 g/mol. The van der Waals surface area contributed by atoms with E-state index in [1.54, 1.807) is 36.4 Å². The van der Waals surface area contributed by atoms with Crippen molar-refractivity contribution in [3.63, 3.8) is 0 Å². The molecule has 3 aromatic carbocycles. The SMILES string of the molecule is N#[N+]N=c1cccc2c(=O)c(=O)c(=NN=[N-])c(S(=O)(=O)Oc3ccc(C(c4ccc(O)cc4)c4ccc(O)cc4)cc3)c1-2. The summed E-state index contributed by atoms with van der Waals surface area (Å²) in [4.78, 5) is 24.5. The molecule has 0 amide bonds. The molecule has 2 aliphatic rings. The van der Waals surface area contributed by atoms with E-state index in [1.165, 1.54) is 54.6 Å². The number of benzene rings is 5. The summed E-state index contributed by atoms with van der Waals surface area (Å²) in [6, 6.07) is 22.7. The number of rotatable bonds is 7. The molecule has 14 heteroatoms. The number of hydrogen-bond acceptors (Lipinski definition) is 10. The van der Waals surface area contributed by atoms with E-state index < -0.39 is 36.8 Å². The molecule has 0 spiro atoms. The summed E-state index contributed by atoms with van der Waals surface area (Å²) in [6.45, 7) is 0. The van der Waals surface area contributed by atoms with Crippen LogP contribution in [0.4, 0.5) is 0 Å². The molecule has 0 saturated heterocycles. The number of fused-ring (bicyclic) bond motifs is 1. The minimum absolute atomic E-state index is 0.0738. The number of phenols is 2. The summed E-state index contributed by atoms with van der Waals surface area (Å²) in [5.74, 6) is -0.417. The maximum absolute atomic E-state index is 13.6. The average molecular weight is 595 g/mol. The first-order chi connectivity index (χ1) is 20.6. The second-order valence-corrected chi connectivity index (χ2v) is 10.6. The van der Waals surface area contributed by atoms with E-state index in [0.29, 0.717) is 5.56 Å². The van der Waals surface area contributed by atoms with Crippen molar-refractivity contribution >= 4 is 10.1 Å². The van der Waals surface area contributed by atoms with Crippen molar-refractivity contribution in [2.75, 3.05) is 0 Å². The minimum Gasteiger partial charge on any atom is -0.508 e. The number of diazo groups is 1. The van der Waals surface area contributed by atoms with Gasteiger partial charge in [-0.2, -0.15) is 8.42 Å². The molecular weight excluding hydrogens is 576 g/mol. The lowest BCUT2D eigenvalue weighted by Gasteiger charge is -2.20. The molecule has 0 saturated carbocycles. The summed E-state index contributed by atoms with van der Waals surface area (Å²) in [5, 5.41) is 39.0. The van der Waals surface area contributed by atoms with Gasteiger partial charge in [0.25, 0.3) is 5.39 Å². The Labute approximate surface area is 242 Å². The molecule has 0 bridgehead atoms. The Balaban J connectivity index is 1.63. The normalized spacial score (nSPS) is 12.4. The highest BCUT2D eigenvalue weighted by atomic mass is 32.2. The van der Waals surface area contributed by atoms with Gasteiger partial charge in [-0.1, -0.05) is 48.5 Å². The zero-order valence-corrected chi connectivity index (χ0v) is 22.6. The Bertz CT molecular complexity index is 2160. The van der Waals surface area contributed by atoms with Crippen LogP contribution in [-0.2, 0) is 10.1 Å². The van der Waals surface area contributed by atoms with Gasteiger partial charge < -0.3 is 25.0 Å². The Morgan fingerprint density at radius 2 is 1.33 bits per heavy atom. The molecule has 0 atom stereocenters. The molecular formula is C29H18N6O7S. The van der Waals surface area contributed by atoms with Crippen LogP contribution in [-0.4, -0.2) is 18.6 Å². The maximum atomic E-state index is 13.6. The van der Waals surface area contributed by atoms with E-state index >= 15 is 0 Å². The summed E-state index contributed by atoms with van der Waals surface area (Å²) in [6.07, 6.45) is 0. The molecule has 2 N–H and O–H groups in total. The zero-order valence-electron chi connectivity index (χ0n) is 21.8. The molecule has 0 fully saturated rings. The molecule has 13 nitrogen and oxygen atoms in total. The van der Waals surface area contributed by atoms with Crippen LogP contribution in [0.1, 0.15) is 22.6 Å². The van der Waals surface area contributed by atoms with E-state index in [1.807, 2.05) is 0 Å². The highest BCUT2D eigenvalue weighted by molar-refractivity contribution is 7.87. The van der Waals surface area contributed by atoms with E-state index in [2.05, 4.69) is 20.5 Å². The number of hydrogen-bond donors (Lipinski definition) is 2. The standard InChI is InChI=1S/C29H18N6O7S/c30-34-32-23-3-1-2-22-25(23)29(26(33-35-31)28(39)27(22)38)43(40,41)42-21-14-8-18(9-15-21)24(16-4-10-19(36)11-5-16)17-6-12-20(37)13-7-17/h1-15,24,36-37H. The van der Waals surface area contributed by atoms with Crippen molar-refractivity contribution in [2.24, 2.45) is 15.4 Å². The Morgan fingerprint density at radius 3 is 1.84 bits per heavy atom. The summed E-state index contributed by atoms with van der Waals surface area (Å²) >= 11 is 0. The Hall–Kier alpha value is -6.07. The van der Waals surface area contributed by atoms with Gasteiger partial charge in [-0.3, -0.25) is 14.8 Å². The predicted molar refractivity (Wildman–Crippen MR) is 151 cm³/mol. The van der Waals surface area contributed by atoms with Crippen molar-refractivity contribution in [1.29, 1.82) is 5.39 Å².